The fraction of sp³-hybridized carbons (Fsp3) is 0.619. The Morgan fingerprint density at radius 1 is 1.30 bits per heavy atom. The number of carboxylic acids is 1. The van der Waals surface area contributed by atoms with Crippen molar-refractivity contribution in [3.8, 4) is 0 Å². The van der Waals surface area contributed by atoms with E-state index in [0.29, 0.717) is 38.9 Å². The van der Waals surface area contributed by atoms with Gasteiger partial charge in [-0.05, 0) is 37.3 Å². The van der Waals surface area contributed by atoms with Crippen LogP contribution in [-0.2, 0) is 22.4 Å². The summed E-state index contributed by atoms with van der Waals surface area (Å²) in [7, 11) is 0. The Labute approximate surface area is 176 Å². The number of carbonyl (C=O) groups excluding carboxylic acids is 2. The first-order valence-electron chi connectivity index (χ1n) is 10.5. The van der Waals surface area contributed by atoms with Gasteiger partial charge in [-0.25, -0.2) is 14.6 Å². The number of rotatable bonds is 6. The van der Waals surface area contributed by atoms with Crippen LogP contribution in [-0.4, -0.2) is 65.1 Å². The molecule has 2 aliphatic heterocycles. The van der Waals surface area contributed by atoms with Crippen molar-refractivity contribution in [3.63, 3.8) is 0 Å². The van der Waals surface area contributed by atoms with Gasteiger partial charge in [-0.15, -0.1) is 0 Å². The molecule has 2 aliphatic rings. The van der Waals surface area contributed by atoms with Crippen LogP contribution in [0.5, 0.6) is 0 Å². The average molecular weight is 418 g/mol. The molecule has 0 bridgehead atoms. The molecular weight excluding hydrogens is 386 g/mol. The Kier molecular flexibility index (Phi) is 6.79. The fourth-order valence-electron chi connectivity index (χ4n) is 4.16. The van der Waals surface area contributed by atoms with Crippen molar-refractivity contribution >= 4 is 23.7 Å². The Morgan fingerprint density at radius 2 is 2.03 bits per heavy atom. The van der Waals surface area contributed by atoms with Crippen molar-refractivity contribution in [3.05, 3.63) is 23.4 Å². The molecule has 9 nitrogen and oxygen atoms in total. The number of nitrogens with zero attached hydrogens (tertiary/aromatic N) is 2. The van der Waals surface area contributed by atoms with E-state index in [1.165, 1.54) is 12.5 Å². The molecule has 4 N–H and O–H groups in total. The summed E-state index contributed by atoms with van der Waals surface area (Å²) < 4.78 is 0. The van der Waals surface area contributed by atoms with Gasteiger partial charge in [-0.3, -0.25) is 4.79 Å². The molecule has 1 unspecified atom stereocenters. The molecule has 3 heterocycles. The summed E-state index contributed by atoms with van der Waals surface area (Å²) in [6, 6.07) is 3.01. The first-order chi connectivity index (χ1) is 14.3. The molecule has 9 heteroatoms. The van der Waals surface area contributed by atoms with Gasteiger partial charge in [0.05, 0.1) is 0 Å². The highest BCUT2D eigenvalue weighted by atomic mass is 16.4. The summed E-state index contributed by atoms with van der Waals surface area (Å²) in [6.45, 7) is 5.50. The summed E-state index contributed by atoms with van der Waals surface area (Å²) in [5, 5.41) is 18.3. The predicted molar refractivity (Wildman–Crippen MR) is 112 cm³/mol. The number of aryl methyl sites for hydroxylation is 1. The SMILES string of the molecule is CC(=O)NC(C(=O)O)C1(C)CCN(C(=O)NCCc2ccc3c(n2)NCCC3)CC1. The second-order valence-corrected chi connectivity index (χ2v) is 8.44. The zero-order chi connectivity index (χ0) is 21.7. The maximum atomic E-state index is 12.5. The standard InChI is InChI=1S/C21H31N5O4/c1-14(27)24-17(19(28)29)21(2)8-12-26(13-9-21)20(30)23-11-7-16-6-5-15-4-3-10-22-18(15)25-16/h5-6,17H,3-4,7-13H2,1-2H3,(H,22,25)(H,23,30)(H,24,27)(H,28,29). The van der Waals surface area contributed by atoms with Gasteiger partial charge >= 0.3 is 12.0 Å². The summed E-state index contributed by atoms with van der Waals surface area (Å²) in [4.78, 5) is 41.8. The number of fused-ring (bicyclic) bond motifs is 1. The zero-order valence-electron chi connectivity index (χ0n) is 17.7. The van der Waals surface area contributed by atoms with Gasteiger partial charge in [0.2, 0.25) is 5.91 Å². The van der Waals surface area contributed by atoms with Gasteiger partial charge < -0.3 is 26.0 Å². The topological polar surface area (TPSA) is 124 Å². The van der Waals surface area contributed by atoms with E-state index in [4.69, 9.17) is 0 Å². The molecule has 164 valence electrons. The Morgan fingerprint density at radius 3 is 2.70 bits per heavy atom. The molecule has 0 radical (unpaired) electrons. The lowest BCUT2D eigenvalue weighted by atomic mass is 9.74. The van der Waals surface area contributed by atoms with Crippen LogP contribution in [0.4, 0.5) is 10.6 Å². The molecule has 3 amide bonds. The minimum atomic E-state index is -1.04. The number of likely N-dealkylation sites (tertiary alicyclic amines) is 1. The number of aliphatic carboxylic acids is 1. The quantitative estimate of drug-likeness (QED) is 0.554. The number of carboxylic acid groups (broad SMARTS) is 1. The average Bonchev–Trinajstić information content (AvgIpc) is 2.72. The number of carbonyl (C=O) groups is 3. The molecule has 1 fully saturated rings. The van der Waals surface area contributed by atoms with Crippen molar-refractivity contribution in [1.29, 1.82) is 0 Å². The van der Waals surface area contributed by atoms with Gasteiger partial charge in [0.1, 0.15) is 11.9 Å². The lowest BCUT2D eigenvalue weighted by Gasteiger charge is -2.42. The molecule has 0 saturated carbocycles. The number of pyridine rings is 1. The van der Waals surface area contributed by atoms with Crippen molar-refractivity contribution in [2.24, 2.45) is 5.41 Å². The third kappa shape index (κ3) is 5.20. The third-order valence-corrected chi connectivity index (χ3v) is 6.09. The maximum absolute atomic E-state index is 12.5. The number of urea groups is 1. The largest absolute Gasteiger partial charge is 0.480 e. The van der Waals surface area contributed by atoms with E-state index >= 15 is 0 Å². The second kappa shape index (κ2) is 9.32. The van der Waals surface area contributed by atoms with E-state index in [1.54, 1.807) is 4.90 Å². The van der Waals surface area contributed by atoms with E-state index < -0.39 is 17.4 Å². The van der Waals surface area contributed by atoms with Crippen LogP contribution in [0.2, 0.25) is 0 Å². The second-order valence-electron chi connectivity index (χ2n) is 8.44. The van der Waals surface area contributed by atoms with E-state index in [-0.39, 0.29) is 11.9 Å². The molecule has 0 spiro atoms. The molecule has 0 aliphatic carbocycles. The minimum Gasteiger partial charge on any atom is -0.480 e. The Balaban J connectivity index is 1.47. The lowest BCUT2D eigenvalue weighted by Crippen LogP contribution is -2.56. The van der Waals surface area contributed by atoms with E-state index in [0.717, 1.165) is 30.9 Å². The van der Waals surface area contributed by atoms with Crippen LogP contribution < -0.4 is 16.0 Å². The van der Waals surface area contributed by atoms with Crippen LogP contribution in [0.15, 0.2) is 12.1 Å². The molecule has 30 heavy (non-hydrogen) atoms. The molecule has 1 saturated heterocycles. The van der Waals surface area contributed by atoms with E-state index in [9.17, 15) is 19.5 Å². The van der Waals surface area contributed by atoms with Crippen LogP contribution in [0.25, 0.3) is 0 Å². The minimum absolute atomic E-state index is 0.153. The number of hydrogen-bond donors (Lipinski definition) is 4. The summed E-state index contributed by atoms with van der Waals surface area (Å²) in [5.41, 5.74) is 1.59. The van der Waals surface area contributed by atoms with Crippen molar-refractivity contribution < 1.29 is 19.5 Å². The summed E-state index contributed by atoms with van der Waals surface area (Å²) in [5.74, 6) is -0.458. The van der Waals surface area contributed by atoms with Crippen molar-refractivity contribution in [1.82, 2.24) is 20.5 Å². The normalized spacial score (nSPS) is 18.5. The maximum Gasteiger partial charge on any atom is 0.326 e. The molecule has 0 aromatic carbocycles. The van der Waals surface area contributed by atoms with E-state index in [1.807, 2.05) is 13.0 Å². The number of hydrogen-bond acceptors (Lipinski definition) is 5. The highest BCUT2D eigenvalue weighted by Crippen LogP contribution is 2.34. The van der Waals surface area contributed by atoms with Gasteiger partial charge in [0, 0.05) is 50.6 Å². The molecule has 1 aromatic heterocycles. The zero-order valence-corrected chi connectivity index (χ0v) is 17.7. The van der Waals surface area contributed by atoms with Crippen LogP contribution in [0, 0.1) is 5.41 Å². The lowest BCUT2D eigenvalue weighted by molar-refractivity contribution is -0.146. The van der Waals surface area contributed by atoms with Gasteiger partial charge in [-0.2, -0.15) is 0 Å². The van der Waals surface area contributed by atoms with E-state index in [2.05, 4.69) is 27.0 Å². The Hall–Kier alpha value is -2.84. The van der Waals surface area contributed by atoms with Gasteiger partial charge in [0.25, 0.3) is 0 Å². The molecule has 3 rings (SSSR count). The first kappa shape index (κ1) is 21.9. The molecule has 1 aromatic rings. The van der Waals surface area contributed by atoms with Crippen LogP contribution >= 0.6 is 0 Å². The van der Waals surface area contributed by atoms with Gasteiger partial charge in [0.15, 0.2) is 0 Å². The number of amides is 3. The number of aromatic nitrogens is 1. The van der Waals surface area contributed by atoms with Crippen LogP contribution in [0.1, 0.15) is 44.4 Å². The van der Waals surface area contributed by atoms with Crippen molar-refractivity contribution in [2.45, 2.75) is 52.0 Å². The summed E-state index contributed by atoms with van der Waals surface area (Å²) in [6.07, 6.45) is 3.84. The van der Waals surface area contributed by atoms with Crippen LogP contribution in [0.3, 0.4) is 0 Å². The monoisotopic (exact) mass is 417 g/mol. The van der Waals surface area contributed by atoms with Crippen molar-refractivity contribution in [2.75, 3.05) is 31.5 Å². The van der Waals surface area contributed by atoms with Gasteiger partial charge in [-0.1, -0.05) is 13.0 Å². The molecular formula is C21H31N5O4. The third-order valence-electron chi connectivity index (χ3n) is 6.09. The predicted octanol–water partition coefficient (Wildman–Crippen LogP) is 1.38. The summed E-state index contributed by atoms with van der Waals surface area (Å²) >= 11 is 0. The number of nitrogens with one attached hydrogen (secondary N) is 3. The molecule has 1 atom stereocenters. The highest BCUT2D eigenvalue weighted by Gasteiger charge is 2.42. The number of piperidine rings is 1. The fourth-order valence-corrected chi connectivity index (χ4v) is 4.16. The number of anilines is 1. The smallest absolute Gasteiger partial charge is 0.326 e. The highest BCUT2D eigenvalue weighted by molar-refractivity contribution is 5.83. The Bertz CT molecular complexity index is 805. The first-order valence-corrected chi connectivity index (χ1v) is 10.5.